The van der Waals surface area contributed by atoms with Crippen LogP contribution in [0.2, 0.25) is 0 Å². The first-order valence-corrected chi connectivity index (χ1v) is 27.6. The largest absolute Gasteiger partial charge is 0.508 e. The van der Waals surface area contributed by atoms with Gasteiger partial charge in [-0.15, -0.1) is 12.3 Å². The van der Waals surface area contributed by atoms with Gasteiger partial charge in [-0.25, -0.2) is 0 Å². The number of hydrogen-bond donors (Lipinski definition) is 14. The molecule has 2 fully saturated rings. The smallest absolute Gasteiger partial charge is 0.305 e. The van der Waals surface area contributed by atoms with Gasteiger partial charge in [0.05, 0.1) is 13.0 Å². The lowest BCUT2D eigenvalue weighted by Gasteiger charge is -2.35. The molecule has 27 nitrogen and oxygen atoms in total. The maximum absolute atomic E-state index is 14.9. The zero-order chi connectivity index (χ0) is 61.3. The van der Waals surface area contributed by atoms with Gasteiger partial charge in [-0.2, -0.15) is 0 Å². The normalized spacial score (nSPS) is 23.0. The van der Waals surface area contributed by atoms with Gasteiger partial charge in [0.2, 0.25) is 59.1 Å². The van der Waals surface area contributed by atoms with E-state index in [1.165, 1.54) is 72.3 Å². The molecule has 4 rings (SSSR count). The highest BCUT2D eigenvalue weighted by Gasteiger charge is 2.42. The highest BCUT2D eigenvalue weighted by Crippen LogP contribution is 2.24. The average Bonchev–Trinajstić information content (AvgIpc) is 4.04. The molecule has 15 N–H and O–H groups in total. The predicted molar refractivity (Wildman–Crippen MR) is 301 cm³/mol. The fourth-order valence-corrected chi connectivity index (χ4v) is 9.40. The van der Waals surface area contributed by atoms with Gasteiger partial charge in [0.15, 0.2) is 5.96 Å². The number of phenolic OH excluding ortho intramolecular Hbond substituents is 2. The standard InChI is InChI=1S/C56H79N13O14/c1-6-7-15-45(72)59-24-9-8-13-43-53(81)66-40(28-34-16-20-36(70)21-17-34)51(79)64-38(12-10-25-60-56(57)58)49(77)61-31-46(73)63-41(30-47(74)75)52(80)65-39(27-32(2)3)50(78)62-33(4)48(76)67-42(29-35-18-22-37(71)23-19-35)54(82)69-26-11-14-44(69)55(83)68(43)5/h1,16-23,32-33,38-44,70-71H,7-15,24-31H2,2-5H3,(H,59,72)(H,61,77)(H,62,78)(H,63,73)(H,64,79)(H,65,80)(H,66,81)(H,67,76)(H,74,75)(H4,57,58,60)/t33-,38-,39-,40-,41-,42-,43-,44+/m0/s1. The Bertz CT molecular complexity index is 2680. The first kappa shape index (κ1) is 66.6. The number of carboxylic acid groups (broad SMARTS) is 1. The maximum atomic E-state index is 14.9. The summed E-state index contributed by atoms with van der Waals surface area (Å²) in [6, 6.07) is 0.0614. The number of nitrogens with one attached hydrogen (secondary N) is 10. The van der Waals surface area contributed by atoms with Gasteiger partial charge in [0.1, 0.15) is 59.8 Å². The lowest BCUT2D eigenvalue weighted by Crippen LogP contribution is -2.60. The molecule has 0 aromatic heterocycles. The number of nitrogens with two attached hydrogens (primary N) is 1. The van der Waals surface area contributed by atoms with Crippen LogP contribution in [0.5, 0.6) is 11.5 Å². The predicted octanol–water partition coefficient (Wildman–Crippen LogP) is -1.76. The third-order valence-corrected chi connectivity index (χ3v) is 13.8. The van der Waals surface area contributed by atoms with Crippen LogP contribution >= 0.6 is 0 Å². The van der Waals surface area contributed by atoms with Crippen LogP contribution in [0.1, 0.15) is 103 Å². The summed E-state index contributed by atoms with van der Waals surface area (Å²) in [5, 5.41) is 60.6. The van der Waals surface area contributed by atoms with E-state index in [1.54, 1.807) is 13.8 Å². The molecule has 2 saturated heterocycles. The van der Waals surface area contributed by atoms with E-state index in [9.17, 15) is 68.1 Å². The molecule has 2 aromatic rings. The topological polar surface area (TPSA) is 413 Å². The lowest BCUT2D eigenvalue weighted by atomic mass is 10.0. The van der Waals surface area contributed by atoms with Crippen molar-refractivity contribution >= 4 is 71.0 Å². The number of guanidine groups is 1. The molecule has 0 aliphatic carbocycles. The molecule has 27 heteroatoms. The van der Waals surface area contributed by atoms with E-state index in [-0.39, 0.29) is 113 Å². The van der Waals surface area contributed by atoms with Crippen molar-refractivity contribution in [3.63, 3.8) is 0 Å². The molecule has 0 unspecified atom stereocenters. The second-order valence-corrected chi connectivity index (χ2v) is 21.0. The van der Waals surface area contributed by atoms with E-state index in [2.05, 4.69) is 53.8 Å². The van der Waals surface area contributed by atoms with E-state index in [0.717, 1.165) is 0 Å². The number of phenols is 2. The molecule has 10 amide bonds. The number of terminal acetylenes is 1. The molecule has 0 saturated carbocycles. The summed E-state index contributed by atoms with van der Waals surface area (Å²) in [5.41, 5.74) is 6.39. The van der Waals surface area contributed by atoms with E-state index >= 15 is 0 Å². The second-order valence-electron chi connectivity index (χ2n) is 21.0. The number of benzene rings is 2. The number of unbranched alkanes of at least 4 members (excludes halogenated alkanes) is 1. The lowest BCUT2D eigenvalue weighted by molar-refractivity contribution is -0.148. The Hall–Kier alpha value is -8.96. The van der Waals surface area contributed by atoms with Crippen LogP contribution in [0.25, 0.3) is 0 Å². The van der Waals surface area contributed by atoms with Crippen molar-refractivity contribution in [3.05, 3.63) is 59.7 Å². The molecule has 8 atom stereocenters. The van der Waals surface area contributed by atoms with E-state index in [1.807, 2.05) is 0 Å². The van der Waals surface area contributed by atoms with Gasteiger partial charge in [-0.3, -0.25) is 58.1 Å². The summed E-state index contributed by atoms with van der Waals surface area (Å²) in [6.45, 7) is 4.21. The van der Waals surface area contributed by atoms with Crippen molar-refractivity contribution in [1.82, 2.24) is 57.7 Å². The fourth-order valence-electron chi connectivity index (χ4n) is 9.40. The number of carbonyl (C=O) groups is 11. The molecule has 0 bridgehead atoms. The Kier molecular flexibility index (Phi) is 26.5. The number of carboxylic acids is 1. The zero-order valence-electron chi connectivity index (χ0n) is 47.2. The van der Waals surface area contributed by atoms with Gasteiger partial charge in [-0.1, -0.05) is 38.1 Å². The maximum Gasteiger partial charge on any atom is 0.305 e. The third-order valence-electron chi connectivity index (χ3n) is 13.8. The van der Waals surface area contributed by atoms with Crippen molar-refractivity contribution in [2.45, 2.75) is 153 Å². The van der Waals surface area contributed by atoms with Crippen molar-refractivity contribution in [3.8, 4) is 23.8 Å². The van der Waals surface area contributed by atoms with E-state index in [0.29, 0.717) is 24.0 Å². The van der Waals surface area contributed by atoms with Gasteiger partial charge in [0, 0.05) is 52.4 Å². The number of hydrogen-bond acceptors (Lipinski definition) is 14. The average molecular weight is 1160 g/mol. The summed E-state index contributed by atoms with van der Waals surface area (Å²) in [5.74, 6) is -8.21. The minimum Gasteiger partial charge on any atom is -0.508 e. The summed E-state index contributed by atoms with van der Waals surface area (Å²) in [7, 11) is 1.37. The SMILES string of the molecule is C#CCCC(=O)NCCCC[C@H]1C(=O)N[C@@H](Cc2ccc(O)cc2)C(=O)N[C@@H](CCCNC(=N)N)C(=O)NCC(=O)N[C@@H](CC(=O)O)C(=O)N[C@@H](CC(C)C)C(=O)N[C@@H](C)C(=O)N[C@@H](Cc2ccc(O)cc2)C(=O)N2CCC[C@@H]2C(=O)N1C. The van der Waals surface area contributed by atoms with Crippen LogP contribution in [-0.4, -0.2) is 178 Å². The third kappa shape index (κ3) is 22.1. The molecular weight excluding hydrogens is 1080 g/mol. The Labute approximate surface area is 481 Å². The van der Waals surface area contributed by atoms with E-state index < -0.39 is 120 Å². The molecule has 2 aliphatic rings. The number of aliphatic carboxylic acids is 1. The van der Waals surface area contributed by atoms with Crippen LogP contribution in [0, 0.1) is 23.7 Å². The minimum absolute atomic E-state index is 0.0325. The highest BCUT2D eigenvalue weighted by atomic mass is 16.4. The van der Waals surface area contributed by atoms with Crippen molar-refractivity contribution in [2.24, 2.45) is 11.7 Å². The quantitative estimate of drug-likeness (QED) is 0.0321. The van der Waals surface area contributed by atoms with Crippen LogP contribution in [0.4, 0.5) is 0 Å². The van der Waals surface area contributed by atoms with Gasteiger partial charge in [-0.05, 0) is 99.6 Å². The molecule has 83 heavy (non-hydrogen) atoms. The van der Waals surface area contributed by atoms with Crippen LogP contribution in [0.3, 0.4) is 0 Å². The Morgan fingerprint density at radius 1 is 0.711 bits per heavy atom. The van der Waals surface area contributed by atoms with Crippen LogP contribution in [-0.2, 0) is 65.6 Å². The Morgan fingerprint density at radius 3 is 1.88 bits per heavy atom. The molecule has 2 heterocycles. The van der Waals surface area contributed by atoms with E-state index in [4.69, 9.17) is 17.6 Å². The number of rotatable bonds is 19. The number of aromatic hydroxyl groups is 2. The first-order chi connectivity index (χ1) is 39.4. The summed E-state index contributed by atoms with van der Waals surface area (Å²) in [6.07, 6.45) is 5.18. The monoisotopic (exact) mass is 1160 g/mol. The zero-order valence-corrected chi connectivity index (χ0v) is 47.2. The number of likely N-dealkylation sites (N-methyl/N-ethyl adjacent to an activating group) is 1. The molecule has 452 valence electrons. The number of amides is 10. The van der Waals surface area contributed by atoms with Crippen molar-refractivity contribution in [1.29, 1.82) is 5.41 Å². The van der Waals surface area contributed by atoms with Crippen LogP contribution < -0.4 is 53.6 Å². The van der Waals surface area contributed by atoms with Gasteiger partial charge < -0.3 is 78.7 Å². The molecule has 0 radical (unpaired) electrons. The molecule has 2 aliphatic heterocycles. The minimum atomic E-state index is -1.80. The first-order valence-electron chi connectivity index (χ1n) is 27.6. The fraction of sp³-hybridized carbons (Fsp3) is 0.536. The highest BCUT2D eigenvalue weighted by molar-refractivity contribution is 5.99. The van der Waals surface area contributed by atoms with Crippen LogP contribution in [0.15, 0.2) is 48.5 Å². The number of fused-ring (bicyclic) bond motifs is 1. The van der Waals surface area contributed by atoms with Gasteiger partial charge >= 0.3 is 5.97 Å². The Balaban J connectivity index is 1.84. The number of carbonyl (C=O) groups excluding carboxylic acids is 10. The molecule has 0 spiro atoms. The molecular formula is C56H79N13O14. The summed E-state index contributed by atoms with van der Waals surface area (Å²) >= 11 is 0. The number of nitrogens with zero attached hydrogens (tertiary/aromatic N) is 2. The van der Waals surface area contributed by atoms with Crippen molar-refractivity contribution < 1.29 is 68.1 Å². The summed E-state index contributed by atoms with van der Waals surface area (Å²) in [4.78, 5) is 156. The van der Waals surface area contributed by atoms with Crippen molar-refractivity contribution in [2.75, 3.05) is 33.2 Å². The second kappa shape index (κ2) is 33.1. The summed E-state index contributed by atoms with van der Waals surface area (Å²) < 4.78 is 0. The van der Waals surface area contributed by atoms with Gasteiger partial charge in [0.25, 0.3) is 0 Å². The Morgan fingerprint density at radius 2 is 1.28 bits per heavy atom. The molecule has 2 aromatic carbocycles.